The highest BCUT2D eigenvalue weighted by molar-refractivity contribution is 5.89. The van der Waals surface area contributed by atoms with Gasteiger partial charge in [0.2, 0.25) is 0 Å². The fourth-order valence-corrected chi connectivity index (χ4v) is 10.3. The number of fused-ring (bicyclic) bond motifs is 5. The van der Waals surface area contributed by atoms with Gasteiger partial charge in [-0.2, -0.15) is 0 Å². The van der Waals surface area contributed by atoms with Gasteiger partial charge in [-0.15, -0.1) is 0 Å². The first-order valence-corrected chi connectivity index (χ1v) is 15.9. The Balaban J connectivity index is 1.21. The van der Waals surface area contributed by atoms with Crippen molar-refractivity contribution in [3.8, 4) is 0 Å². The summed E-state index contributed by atoms with van der Waals surface area (Å²) >= 11 is 0. The van der Waals surface area contributed by atoms with Crippen molar-refractivity contribution in [2.45, 2.75) is 125 Å². The van der Waals surface area contributed by atoms with Crippen LogP contribution in [0.15, 0.2) is 24.3 Å². The maximum atomic E-state index is 12.8. The number of aryl methyl sites for hydroxylation is 1. The number of rotatable bonds is 7. The van der Waals surface area contributed by atoms with E-state index in [1.807, 2.05) is 24.3 Å². The van der Waals surface area contributed by atoms with Crippen LogP contribution in [-0.2, 0) is 4.74 Å². The fourth-order valence-electron chi connectivity index (χ4n) is 10.3. The van der Waals surface area contributed by atoms with Crippen molar-refractivity contribution in [1.82, 2.24) is 0 Å². The van der Waals surface area contributed by atoms with Crippen LogP contribution in [0.4, 0.5) is 0 Å². The van der Waals surface area contributed by atoms with E-state index in [-0.39, 0.29) is 12.1 Å². The average Bonchev–Trinajstić information content (AvgIpc) is 3.21. The zero-order valence-corrected chi connectivity index (χ0v) is 24.7. The summed E-state index contributed by atoms with van der Waals surface area (Å²) in [7, 11) is 0. The van der Waals surface area contributed by atoms with E-state index < -0.39 is 0 Å². The molecule has 0 heterocycles. The third kappa shape index (κ3) is 5.17. The number of ether oxygens (including phenoxy) is 1. The Kier molecular flexibility index (Phi) is 7.88. The molecule has 2 heteroatoms. The Morgan fingerprint density at radius 1 is 0.892 bits per heavy atom. The van der Waals surface area contributed by atoms with Gasteiger partial charge in [-0.1, -0.05) is 71.6 Å². The normalized spacial score (nSPS) is 40.0. The van der Waals surface area contributed by atoms with Crippen LogP contribution in [0, 0.1) is 59.2 Å². The van der Waals surface area contributed by atoms with E-state index in [0.29, 0.717) is 16.4 Å². The van der Waals surface area contributed by atoms with Gasteiger partial charge in [0.15, 0.2) is 0 Å². The van der Waals surface area contributed by atoms with Crippen molar-refractivity contribution in [3.05, 3.63) is 35.4 Å². The molecule has 0 N–H and O–H groups in total. The molecular formula is C35H54O2. The third-order valence-corrected chi connectivity index (χ3v) is 12.4. The van der Waals surface area contributed by atoms with Crippen molar-refractivity contribution in [2.75, 3.05) is 0 Å². The molecule has 0 amide bonds. The van der Waals surface area contributed by atoms with Crippen LogP contribution in [0.3, 0.4) is 0 Å². The second kappa shape index (κ2) is 10.7. The number of hydrogen-bond acceptors (Lipinski definition) is 2. The SMILES string of the molecule is Cc1ccc(C(=O)O[C@H]2CC[C@@]3(C)C(CC[C@H]4[C@@H]5CC[C@H]([C@H](C)CCCC(C)C)[C@@]5(C)CC[C@@H]43)C2)cc1. The standard InChI is InChI=1S/C35H54O2/c1-23(2)8-7-9-25(4)30-16-17-31-29-15-14-27-22-28(37-33(36)26-12-10-24(3)11-13-26)18-20-34(27,5)32(29)19-21-35(30,31)6/h10-13,23,25,27-32H,7-9,14-22H2,1-6H3/t25-,27?,28+,29+,30-,31+,32+,34+,35-/m1/s1. The Bertz CT molecular complexity index is 933. The second-order valence-corrected chi connectivity index (χ2v) is 14.9. The second-order valence-electron chi connectivity index (χ2n) is 14.9. The number of esters is 1. The van der Waals surface area contributed by atoms with Crippen molar-refractivity contribution < 1.29 is 9.53 Å². The van der Waals surface area contributed by atoms with Gasteiger partial charge < -0.3 is 4.74 Å². The first kappa shape index (κ1) is 27.3. The van der Waals surface area contributed by atoms with E-state index in [4.69, 9.17) is 4.74 Å². The quantitative estimate of drug-likeness (QED) is 0.344. The average molecular weight is 507 g/mol. The summed E-state index contributed by atoms with van der Waals surface area (Å²) < 4.78 is 6.08. The van der Waals surface area contributed by atoms with Crippen LogP contribution < -0.4 is 0 Å². The van der Waals surface area contributed by atoms with Crippen molar-refractivity contribution in [3.63, 3.8) is 0 Å². The summed E-state index contributed by atoms with van der Waals surface area (Å²) in [6, 6.07) is 7.84. The summed E-state index contributed by atoms with van der Waals surface area (Å²) in [6.45, 7) is 14.7. The van der Waals surface area contributed by atoms with Gasteiger partial charge in [0.1, 0.15) is 6.10 Å². The Morgan fingerprint density at radius 2 is 1.59 bits per heavy atom. The highest BCUT2D eigenvalue weighted by Gasteiger charge is 2.60. The minimum absolute atomic E-state index is 0.0971. The van der Waals surface area contributed by atoms with Gasteiger partial charge >= 0.3 is 5.97 Å². The molecular weight excluding hydrogens is 452 g/mol. The fraction of sp³-hybridized carbons (Fsp3) is 0.800. The molecule has 0 spiro atoms. The van der Waals surface area contributed by atoms with Crippen LogP contribution in [0.5, 0.6) is 0 Å². The van der Waals surface area contributed by atoms with Crippen molar-refractivity contribution >= 4 is 5.97 Å². The van der Waals surface area contributed by atoms with Gasteiger partial charge in [0, 0.05) is 0 Å². The zero-order valence-electron chi connectivity index (χ0n) is 24.7. The largest absolute Gasteiger partial charge is 0.459 e. The molecule has 1 aromatic rings. The molecule has 206 valence electrons. The van der Waals surface area contributed by atoms with E-state index in [9.17, 15) is 4.79 Å². The summed E-state index contributed by atoms with van der Waals surface area (Å²) in [5.74, 6) is 6.01. The molecule has 2 nitrogen and oxygen atoms in total. The summed E-state index contributed by atoms with van der Waals surface area (Å²) in [5.41, 5.74) is 2.89. The first-order chi connectivity index (χ1) is 17.6. The summed E-state index contributed by atoms with van der Waals surface area (Å²) in [4.78, 5) is 12.8. The molecule has 1 aromatic carbocycles. The molecule has 0 aromatic heterocycles. The summed E-state index contributed by atoms with van der Waals surface area (Å²) in [5, 5.41) is 0. The third-order valence-electron chi connectivity index (χ3n) is 12.4. The number of benzene rings is 1. The molecule has 0 bridgehead atoms. The minimum Gasteiger partial charge on any atom is -0.459 e. The van der Waals surface area contributed by atoms with Crippen molar-refractivity contribution in [1.29, 1.82) is 0 Å². The molecule has 37 heavy (non-hydrogen) atoms. The smallest absolute Gasteiger partial charge is 0.338 e. The van der Waals surface area contributed by atoms with E-state index in [1.165, 1.54) is 69.8 Å². The Morgan fingerprint density at radius 3 is 2.32 bits per heavy atom. The van der Waals surface area contributed by atoms with Crippen LogP contribution in [0.2, 0.25) is 0 Å². The highest BCUT2D eigenvalue weighted by Crippen LogP contribution is 2.68. The predicted molar refractivity (Wildman–Crippen MR) is 153 cm³/mol. The molecule has 9 atom stereocenters. The van der Waals surface area contributed by atoms with E-state index in [1.54, 1.807) is 0 Å². The number of carbonyl (C=O) groups excluding carboxylic acids is 1. The number of hydrogen-bond donors (Lipinski definition) is 0. The molecule has 4 aliphatic carbocycles. The Hall–Kier alpha value is -1.31. The van der Waals surface area contributed by atoms with Crippen LogP contribution in [0.25, 0.3) is 0 Å². The molecule has 5 rings (SSSR count). The van der Waals surface area contributed by atoms with Crippen LogP contribution in [-0.4, -0.2) is 12.1 Å². The highest BCUT2D eigenvalue weighted by atomic mass is 16.5. The Labute approximate surface area is 227 Å². The van der Waals surface area contributed by atoms with Crippen molar-refractivity contribution in [2.24, 2.45) is 52.3 Å². The number of carbonyl (C=O) groups is 1. The molecule has 1 unspecified atom stereocenters. The predicted octanol–water partition coefficient (Wildman–Crippen LogP) is 9.64. The minimum atomic E-state index is -0.129. The lowest BCUT2D eigenvalue weighted by molar-refractivity contribution is -0.130. The van der Waals surface area contributed by atoms with Gasteiger partial charge in [-0.3, -0.25) is 0 Å². The van der Waals surface area contributed by atoms with E-state index >= 15 is 0 Å². The topological polar surface area (TPSA) is 26.3 Å². The summed E-state index contributed by atoms with van der Waals surface area (Å²) in [6.07, 6.45) is 16.3. The maximum Gasteiger partial charge on any atom is 0.338 e. The molecule has 4 fully saturated rings. The maximum absolute atomic E-state index is 12.8. The van der Waals surface area contributed by atoms with Gasteiger partial charge in [0.05, 0.1) is 5.56 Å². The monoisotopic (exact) mass is 506 g/mol. The molecule has 4 aliphatic rings. The molecule has 0 radical (unpaired) electrons. The lowest BCUT2D eigenvalue weighted by Gasteiger charge is -2.61. The lowest BCUT2D eigenvalue weighted by Crippen LogP contribution is -2.54. The van der Waals surface area contributed by atoms with Gasteiger partial charge in [0.25, 0.3) is 0 Å². The molecule has 4 saturated carbocycles. The van der Waals surface area contributed by atoms with Crippen LogP contribution in [0.1, 0.15) is 128 Å². The molecule has 0 saturated heterocycles. The van der Waals surface area contributed by atoms with Crippen LogP contribution >= 0.6 is 0 Å². The zero-order chi connectivity index (χ0) is 26.4. The first-order valence-electron chi connectivity index (χ1n) is 15.9. The van der Waals surface area contributed by atoms with Gasteiger partial charge in [-0.25, -0.2) is 4.79 Å². The molecule has 0 aliphatic heterocycles. The lowest BCUT2D eigenvalue weighted by atomic mass is 9.44. The van der Waals surface area contributed by atoms with E-state index in [2.05, 4.69) is 41.5 Å². The van der Waals surface area contributed by atoms with Gasteiger partial charge in [-0.05, 0) is 129 Å². The van der Waals surface area contributed by atoms with E-state index in [0.717, 1.165) is 54.3 Å².